The zero-order chi connectivity index (χ0) is 13.7. The van der Waals surface area contributed by atoms with Crippen molar-refractivity contribution in [1.29, 1.82) is 0 Å². The van der Waals surface area contributed by atoms with Crippen molar-refractivity contribution in [3.8, 4) is 0 Å². The van der Waals surface area contributed by atoms with Gasteiger partial charge in [-0.2, -0.15) is 0 Å². The van der Waals surface area contributed by atoms with Crippen LogP contribution in [0.2, 0.25) is 0 Å². The van der Waals surface area contributed by atoms with E-state index in [1.807, 2.05) is 24.3 Å². The molecule has 4 heteroatoms. The van der Waals surface area contributed by atoms with E-state index >= 15 is 0 Å². The Morgan fingerprint density at radius 3 is 2.79 bits per heavy atom. The normalized spacial score (nSPS) is 10.0. The van der Waals surface area contributed by atoms with Crippen LogP contribution in [-0.2, 0) is 6.42 Å². The molecule has 2 aromatic rings. The van der Waals surface area contributed by atoms with Crippen LogP contribution in [0.15, 0.2) is 42.6 Å². The summed E-state index contributed by atoms with van der Waals surface area (Å²) in [7, 11) is 1.77. The molecular weight excluding hydrogens is 238 g/mol. The van der Waals surface area contributed by atoms with Crippen LogP contribution in [0, 0.1) is 0 Å². The van der Waals surface area contributed by atoms with Crippen LogP contribution in [0.3, 0.4) is 0 Å². The van der Waals surface area contributed by atoms with Gasteiger partial charge in [-0.3, -0.25) is 4.79 Å². The third kappa shape index (κ3) is 3.10. The van der Waals surface area contributed by atoms with Gasteiger partial charge in [0.1, 0.15) is 5.82 Å². The summed E-state index contributed by atoms with van der Waals surface area (Å²) in [5.74, 6) is 0.552. The van der Waals surface area contributed by atoms with Crippen LogP contribution in [0.5, 0.6) is 0 Å². The molecule has 1 amide bonds. The van der Waals surface area contributed by atoms with Crippen molar-refractivity contribution in [2.24, 2.45) is 0 Å². The Bertz CT molecular complexity index is 581. The van der Waals surface area contributed by atoms with E-state index in [0.717, 1.165) is 17.7 Å². The smallest absolute Gasteiger partial charge is 0.255 e. The number of aryl methyl sites for hydroxylation is 1. The highest BCUT2D eigenvalue weighted by molar-refractivity contribution is 6.05. The summed E-state index contributed by atoms with van der Waals surface area (Å²) >= 11 is 0. The van der Waals surface area contributed by atoms with Crippen LogP contribution < -0.4 is 10.6 Å². The summed E-state index contributed by atoms with van der Waals surface area (Å²) < 4.78 is 0. The van der Waals surface area contributed by atoms with E-state index < -0.39 is 0 Å². The molecule has 0 saturated heterocycles. The molecule has 0 radical (unpaired) electrons. The van der Waals surface area contributed by atoms with Gasteiger partial charge in [0.05, 0.1) is 0 Å². The van der Waals surface area contributed by atoms with Crippen molar-refractivity contribution in [1.82, 2.24) is 4.98 Å². The van der Waals surface area contributed by atoms with Gasteiger partial charge in [0, 0.05) is 24.5 Å². The maximum atomic E-state index is 12.2. The first-order valence-corrected chi connectivity index (χ1v) is 6.27. The highest BCUT2D eigenvalue weighted by atomic mass is 16.1. The van der Waals surface area contributed by atoms with Crippen molar-refractivity contribution < 1.29 is 4.79 Å². The molecule has 2 rings (SSSR count). The van der Waals surface area contributed by atoms with E-state index in [1.54, 1.807) is 25.4 Å². The van der Waals surface area contributed by atoms with Crippen LogP contribution in [0.1, 0.15) is 22.8 Å². The SMILES string of the molecule is CCc1ccccc1NC(=O)c1ccnc(NC)c1. The molecule has 0 spiro atoms. The molecule has 0 aliphatic rings. The highest BCUT2D eigenvalue weighted by Crippen LogP contribution is 2.17. The lowest BCUT2D eigenvalue weighted by atomic mass is 10.1. The van der Waals surface area contributed by atoms with Gasteiger partial charge < -0.3 is 10.6 Å². The van der Waals surface area contributed by atoms with Gasteiger partial charge >= 0.3 is 0 Å². The first kappa shape index (κ1) is 13.1. The molecular formula is C15H17N3O. The first-order chi connectivity index (χ1) is 9.24. The van der Waals surface area contributed by atoms with Crippen LogP contribution in [0.25, 0.3) is 0 Å². The van der Waals surface area contributed by atoms with Crippen LogP contribution in [0.4, 0.5) is 11.5 Å². The molecule has 0 unspecified atom stereocenters. The fourth-order valence-electron chi connectivity index (χ4n) is 1.85. The van der Waals surface area contributed by atoms with Crippen molar-refractivity contribution in [2.45, 2.75) is 13.3 Å². The molecule has 0 aliphatic heterocycles. The molecule has 0 fully saturated rings. The Hall–Kier alpha value is -2.36. The molecule has 1 aromatic heterocycles. The molecule has 0 aliphatic carbocycles. The lowest BCUT2D eigenvalue weighted by Gasteiger charge is -2.10. The number of carbonyl (C=O) groups is 1. The lowest BCUT2D eigenvalue weighted by Crippen LogP contribution is -2.13. The Morgan fingerprint density at radius 2 is 2.05 bits per heavy atom. The van der Waals surface area contributed by atoms with Gasteiger partial charge in [-0.15, -0.1) is 0 Å². The van der Waals surface area contributed by atoms with E-state index in [0.29, 0.717) is 11.4 Å². The number of nitrogens with one attached hydrogen (secondary N) is 2. The number of para-hydroxylation sites is 1. The number of hydrogen-bond acceptors (Lipinski definition) is 3. The van der Waals surface area contributed by atoms with Gasteiger partial charge in [-0.05, 0) is 30.2 Å². The Balaban J connectivity index is 2.20. The topological polar surface area (TPSA) is 54.0 Å². The average Bonchev–Trinajstić information content (AvgIpc) is 2.47. The molecule has 98 valence electrons. The van der Waals surface area contributed by atoms with Gasteiger partial charge in [-0.25, -0.2) is 4.98 Å². The van der Waals surface area contributed by atoms with Gasteiger partial charge in [0.25, 0.3) is 5.91 Å². The average molecular weight is 255 g/mol. The minimum atomic E-state index is -0.125. The number of nitrogens with zero attached hydrogens (tertiary/aromatic N) is 1. The summed E-state index contributed by atoms with van der Waals surface area (Å²) in [5.41, 5.74) is 2.57. The number of benzene rings is 1. The second-order valence-electron chi connectivity index (χ2n) is 4.14. The zero-order valence-electron chi connectivity index (χ0n) is 11.1. The van der Waals surface area contributed by atoms with Gasteiger partial charge in [-0.1, -0.05) is 25.1 Å². The van der Waals surface area contributed by atoms with Gasteiger partial charge in [0.15, 0.2) is 0 Å². The second kappa shape index (κ2) is 6.00. The van der Waals surface area contributed by atoms with Crippen LogP contribution in [-0.4, -0.2) is 17.9 Å². The monoisotopic (exact) mass is 255 g/mol. The predicted molar refractivity (Wildman–Crippen MR) is 77.6 cm³/mol. The number of pyridine rings is 1. The summed E-state index contributed by atoms with van der Waals surface area (Å²) in [6, 6.07) is 11.2. The summed E-state index contributed by atoms with van der Waals surface area (Å²) in [5, 5.41) is 5.85. The molecule has 4 nitrogen and oxygen atoms in total. The molecule has 0 bridgehead atoms. The second-order valence-corrected chi connectivity index (χ2v) is 4.14. The number of hydrogen-bond donors (Lipinski definition) is 2. The summed E-state index contributed by atoms with van der Waals surface area (Å²) in [6.07, 6.45) is 2.50. The Kier molecular flexibility index (Phi) is 4.13. The van der Waals surface area contributed by atoms with Crippen molar-refractivity contribution in [2.75, 3.05) is 17.7 Å². The van der Waals surface area contributed by atoms with Crippen molar-refractivity contribution >= 4 is 17.4 Å². The molecule has 19 heavy (non-hydrogen) atoms. The number of amides is 1. The number of carbonyl (C=O) groups excluding carboxylic acids is 1. The summed E-state index contributed by atoms with van der Waals surface area (Å²) in [4.78, 5) is 16.3. The van der Waals surface area contributed by atoms with Crippen molar-refractivity contribution in [3.05, 3.63) is 53.7 Å². The molecule has 1 aromatic carbocycles. The Labute approximate surface area is 112 Å². The van der Waals surface area contributed by atoms with Crippen molar-refractivity contribution in [3.63, 3.8) is 0 Å². The van der Waals surface area contributed by atoms with Gasteiger partial charge in [0.2, 0.25) is 0 Å². The van der Waals surface area contributed by atoms with E-state index in [2.05, 4.69) is 22.5 Å². The van der Waals surface area contributed by atoms with Crippen LogP contribution >= 0.6 is 0 Å². The molecule has 0 atom stereocenters. The standard InChI is InChI=1S/C15H17N3O/c1-3-11-6-4-5-7-13(11)18-15(19)12-8-9-17-14(10-12)16-2/h4-10H,3H2,1-2H3,(H,16,17)(H,18,19). The number of aromatic nitrogens is 1. The summed E-state index contributed by atoms with van der Waals surface area (Å²) in [6.45, 7) is 2.07. The van der Waals surface area contributed by atoms with E-state index in [-0.39, 0.29) is 5.91 Å². The molecule has 2 N–H and O–H groups in total. The maximum Gasteiger partial charge on any atom is 0.255 e. The minimum Gasteiger partial charge on any atom is -0.373 e. The van der Waals surface area contributed by atoms with E-state index in [1.165, 1.54) is 0 Å². The first-order valence-electron chi connectivity index (χ1n) is 6.27. The molecule has 1 heterocycles. The number of rotatable bonds is 4. The zero-order valence-corrected chi connectivity index (χ0v) is 11.1. The van der Waals surface area contributed by atoms with E-state index in [9.17, 15) is 4.79 Å². The largest absolute Gasteiger partial charge is 0.373 e. The third-order valence-corrected chi connectivity index (χ3v) is 2.92. The predicted octanol–water partition coefficient (Wildman–Crippen LogP) is 2.94. The molecule has 0 saturated carbocycles. The third-order valence-electron chi connectivity index (χ3n) is 2.92. The van der Waals surface area contributed by atoms with E-state index in [4.69, 9.17) is 0 Å². The quantitative estimate of drug-likeness (QED) is 0.883. The fourth-order valence-corrected chi connectivity index (χ4v) is 1.85. The lowest BCUT2D eigenvalue weighted by molar-refractivity contribution is 0.102. The minimum absolute atomic E-state index is 0.125. The fraction of sp³-hybridized carbons (Fsp3) is 0.200. The Morgan fingerprint density at radius 1 is 1.26 bits per heavy atom. The number of anilines is 2. The highest BCUT2D eigenvalue weighted by Gasteiger charge is 2.08. The maximum absolute atomic E-state index is 12.2.